The zero-order valence-corrected chi connectivity index (χ0v) is 16.2. The Morgan fingerprint density at radius 1 is 1.27 bits per heavy atom. The van der Waals surface area contributed by atoms with Gasteiger partial charge in [-0.15, -0.1) is 0 Å². The molecule has 26 heavy (non-hydrogen) atoms. The minimum absolute atomic E-state index is 0.193. The lowest BCUT2D eigenvalue weighted by molar-refractivity contribution is -0.132. The second-order valence-electron chi connectivity index (χ2n) is 7.81. The van der Waals surface area contributed by atoms with Gasteiger partial charge in [-0.25, -0.2) is 9.59 Å². The molecule has 1 spiro atoms. The third kappa shape index (κ3) is 5.87. The molecule has 0 saturated carbocycles. The number of carbonyl (C=O) groups excluding carboxylic acids is 2. The SMILES string of the molecule is COC(=C=O)/C=C/CN1CCOC2(CCN(C(=O)OC(C)(C)C)CC2)C1. The van der Waals surface area contributed by atoms with Crippen LogP contribution in [0.1, 0.15) is 33.6 Å². The van der Waals surface area contributed by atoms with E-state index in [9.17, 15) is 9.59 Å². The van der Waals surface area contributed by atoms with Gasteiger partial charge in [0.1, 0.15) is 5.60 Å². The summed E-state index contributed by atoms with van der Waals surface area (Å²) in [6.07, 6.45) is 4.88. The van der Waals surface area contributed by atoms with Crippen LogP contribution in [0.3, 0.4) is 0 Å². The number of morpholine rings is 1. The van der Waals surface area contributed by atoms with Crippen LogP contribution in [0.5, 0.6) is 0 Å². The average molecular weight is 366 g/mol. The second-order valence-corrected chi connectivity index (χ2v) is 7.81. The first kappa shape index (κ1) is 20.5. The van der Waals surface area contributed by atoms with Crippen LogP contribution in [0.25, 0.3) is 0 Å². The number of amides is 1. The molecule has 146 valence electrons. The van der Waals surface area contributed by atoms with Gasteiger partial charge in [-0.3, -0.25) is 4.90 Å². The maximum atomic E-state index is 12.2. The predicted molar refractivity (Wildman–Crippen MR) is 97.5 cm³/mol. The van der Waals surface area contributed by atoms with Gasteiger partial charge in [-0.05, 0) is 39.7 Å². The number of carbonyl (C=O) groups is 1. The quantitative estimate of drug-likeness (QED) is 0.431. The van der Waals surface area contributed by atoms with Gasteiger partial charge in [-0.1, -0.05) is 6.08 Å². The maximum absolute atomic E-state index is 12.2. The van der Waals surface area contributed by atoms with Crippen LogP contribution in [0.2, 0.25) is 0 Å². The summed E-state index contributed by atoms with van der Waals surface area (Å²) in [5.41, 5.74) is -0.692. The largest absolute Gasteiger partial charge is 0.487 e. The Bertz CT molecular complexity index is 567. The van der Waals surface area contributed by atoms with E-state index < -0.39 is 5.60 Å². The fourth-order valence-electron chi connectivity index (χ4n) is 3.26. The molecular formula is C19H30N2O5. The van der Waals surface area contributed by atoms with Gasteiger partial charge in [0, 0.05) is 32.7 Å². The molecule has 1 amide bonds. The standard InChI is InChI=1S/C19H30N2O5/c1-18(2,3)26-17(23)21-10-7-19(8-11-21)15-20(12-13-25-19)9-5-6-16(14-22)24-4/h5-6H,7-13,15H2,1-4H3/b6-5+. The van der Waals surface area contributed by atoms with E-state index in [0.717, 1.165) is 32.5 Å². The van der Waals surface area contributed by atoms with Crippen LogP contribution >= 0.6 is 0 Å². The third-order valence-electron chi connectivity index (χ3n) is 4.61. The summed E-state index contributed by atoms with van der Waals surface area (Å²) in [5, 5.41) is 0. The third-order valence-corrected chi connectivity index (χ3v) is 4.61. The van der Waals surface area contributed by atoms with Crippen molar-refractivity contribution < 1.29 is 23.8 Å². The smallest absolute Gasteiger partial charge is 0.410 e. The molecule has 0 atom stereocenters. The summed E-state index contributed by atoms with van der Waals surface area (Å²) in [6, 6.07) is 0. The Morgan fingerprint density at radius 3 is 2.54 bits per heavy atom. The fraction of sp³-hybridized carbons (Fsp3) is 0.737. The zero-order chi connectivity index (χ0) is 19.2. The number of hydrogen-bond acceptors (Lipinski definition) is 6. The van der Waals surface area contributed by atoms with Gasteiger partial charge < -0.3 is 19.1 Å². The molecule has 2 aliphatic rings. The highest BCUT2D eigenvalue weighted by Crippen LogP contribution is 2.30. The van der Waals surface area contributed by atoms with Crippen molar-refractivity contribution in [3.05, 3.63) is 17.9 Å². The monoisotopic (exact) mass is 366 g/mol. The summed E-state index contributed by atoms with van der Waals surface area (Å²) in [7, 11) is 1.45. The predicted octanol–water partition coefficient (Wildman–Crippen LogP) is 2.01. The summed E-state index contributed by atoms with van der Waals surface area (Å²) in [4.78, 5) is 26.9. The van der Waals surface area contributed by atoms with E-state index in [1.807, 2.05) is 26.8 Å². The van der Waals surface area contributed by atoms with Crippen molar-refractivity contribution in [2.45, 2.75) is 44.8 Å². The van der Waals surface area contributed by atoms with Crippen LogP contribution in [0, 0.1) is 0 Å². The molecular weight excluding hydrogens is 336 g/mol. The molecule has 0 N–H and O–H groups in total. The van der Waals surface area contributed by atoms with Crippen LogP contribution in [-0.2, 0) is 19.0 Å². The number of nitrogens with zero attached hydrogens (tertiary/aromatic N) is 2. The lowest BCUT2D eigenvalue weighted by Gasteiger charge is -2.47. The molecule has 2 rings (SSSR count). The van der Waals surface area contributed by atoms with Crippen LogP contribution in [-0.4, -0.2) is 79.5 Å². The Hall–Kier alpha value is -1.82. The highest BCUT2D eigenvalue weighted by Gasteiger charge is 2.41. The van der Waals surface area contributed by atoms with Gasteiger partial charge in [0.25, 0.3) is 0 Å². The van der Waals surface area contributed by atoms with Crippen molar-refractivity contribution in [2.75, 3.05) is 46.4 Å². The highest BCUT2D eigenvalue weighted by molar-refractivity contribution is 5.68. The number of likely N-dealkylation sites (tertiary alicyclic amines) is 1. The van der Waals surface area contributed by atoms with Crippen molar-refractivity contribution in [1.82, 2.24) is 9.80 Å². The van der Waals surface area contributed by atoms with Crippen LogP contribution in [0.4, 0.5) is 4.79 Å². The van der Waals surface area contributed by atoms with Gasteiger partial charge in [0.15, 0.2) is 5.94 Å². The van der Waals surface area contributed by atoms with Crippen molar-refractivity contribution in [2.24, 2.45) is 0 Å². The van der Waals surface area contributed by atoms with Crippen LogP contribution in [0.15, 0.2) is 17.9 Å². The van der Waals surface area contributed by atoms with E-state index in [0.29, 0.717) is 19.7 Å². The minimum Gasteiger partial charge on any atom is -0.487 e. The van der Waals surface area contributed by atoms with Crippen LogP contribution < -0.4 is 0 Å². The second kappa shape index (κ2) is 8.71. The molecule has 0 aromatic heterocycles. The van der Waals surface area contributed by atoms with Gasteiger partial charge in [0.05, 0.1) is 19.3 Å². The molecule has 0 bridgehead atoms. The number of allylic oxidation sites excluding steroid dienone is 1. The van der Waals surface area contributed by atoms with Crippen molar-refractivity contribution in [3.63, 3.8) is 0 Å². The molecule has 0 aromatic carbocycles. The lowest BCUT2D eigenvalue weighted by atomic mass is 9.89. The first-order chi connectivity index (χ1) is 12.3. The molecule has 0 radical (unpaired) electrons. The first-order valence-electron chi connectivity index (χ1n) is 9.07. The summed E-state index contributed by atoms with van der Waals surface area (Å²) >= 11 is 0. The molecule has 2 heterocycles. The molecule has 7 heteroatoms. The van der Waals surface area contributed by atoms with E-state index in [4.69, 9.17) is 14.2 Å². The molecule has 2 saturated heterocycles. The Kier molecular flexibility index (Phi) is 6.87. The van der Waals surface area contributed by atoms with Gasteiger partial charge >= 0.3 is 6.09 Å². The first-order valence-corrected chi connectivity index (χ1v) is 9.07. The average Bonchev–Trinajstić information content (AvgIpc) is 2.58. The molecule has 2 aliphatic heterocycles. The van der Waals surface area contributed by atoms with E-state index in [2.05, 4.69) is 4.90 Å². The molecule has 0 aliphatic carbocycles. The van der Waals surface area contributed by atoms with E-state index in [-0.39, 0.29) is 17.5 Å². The van der Waals surface area contributed by atoms with Crippen molar-refractivity contribution in [1.29, 1.82) is 0 Å². The topological polar surface area (TPSA) is 68.3 Å². The molecule has 2 fully saturated rings. The van der Waals surface area contributed by atoms with Crippen molar-refractivity contribution in [3.8, 4) is 0 Å². The minimum atomic E-state index is -0.478. The number of piperidine rings is 1. The van der Waals surface area contributed by atoms with E-state index in [1.54, 1.807) is 16.9 Å². The Morgan fingerprint density at radius 2 is 1.96 bits per heavy atom. The van der Waals surface area contributed by atoms with Gasteiger partial charge in [-0.2, -0.15) is 0 Å². The van der Waals surface area contributed by atoms with E-state index in [1.165, 1.54) is 7.11 Å². The number of hydrogen-bond donors (Lipinski definition) is 0. The number of ether oxygens (including phenoxy) is 3. The molecule has 7 nitrogen and oxygen atoms in total. The van der Waals surface area contributed by atoms with Crippen molar-refractivity contribution >= 4 is 12.0 Å². The molecule has 0 aromatic rings. The fourth-order valence-corrected chi connectivity index (χ4v) is 3.26. The Balaban J connectivity index is 1.86. The summed E-state index contributed by atoms with van der Waals surface area (Å²) < 4.78 is 16.4. The van der Waals surface area contributed by atoms with Gasteiger partial charge in [0.2, 0.25) is 5.76 Å². The zero-order valence-electron chi connectivity index (χ0n) is 16.2. The Labute approximate surface area is 155 Å². The highest BCUT2D eigenvalue weighted by atomic mass is 16.6. The summed E-state index contributed by atoms with van der Waals surface area (Å²) in [5.74, 6) is 1.94. The normalized spacial score (nSPS) is 20.8. The van der Waals surface area contributed by atoms with E-state index >= 15 is 0 Å². The summed E-state index contributed by atoms with van der Waals surface area (Å²) in [6.45, 7) is 9.95. The lowest BCUT2D eigenvalue weighted by Crippen LogP contribution is -2.57. The molecule has 0 unspecified atom stereocenters. The number of rotatable bonds is 4. The maximum Gasteiger partial charge on any atom is 0.410 e. The number of methoxy groups -OCH3 is 1.